The zero-order chi connectivity index (χ0) is 21.9. The van der Waals surface area contributed by atoms with Gasteiger partial charge in [-0.2, -0.15) is 0 Å². The monoisotopic (exact) mass is 410 g/mol. The number of carboxylic acid groups (broad SMARTS) is 2. The number of nitrogens with zero attached hydrogens (tertiary/aromatic N) is 1. The smallest absolute Gasteiger partial charge is 0.328 e. The van der Waals surface area contributed by atoms with Crippen LogP contribution in [0.2, 0.25) is 0 Å². The van der Waals surface area contributed by atoms with Gasteiger partial charge in [0.25, 0.3) is 0 Å². The molecular weight excluding hydrogens is 380 g/mol. The van der Waals surface area contributed by atoms with Gasteiger partial charge in [-0.1, -0.05) is 54.6 Å². The molecule has 6 nitrogen and oxygen atoms in total. The molecule has 2 aromatic carbocycles. The number of benzene rings is 2. The van der Waals surface area contributed by atoms with Crippen LogP contribution in [-0.2, 0) is 16.1 Å². The van der Waals surface area contributed by atoms with E-state index in [1.807, 2.05) is 0 Å². The lowest BCUT2D eigenvalue weighted by Crippen LogP contribution is -2.41. The molecule has 1 fully saturated rings. The van der Waals surface area contributed by atoms with Crippen molar-refractivity contribution in [3.63, 3.8) is 0 Å². The van der Waals surface area contributed by atoms with Crippen LogP contribution in [0.5, 0.6) is 0 Å². The van der Waals surface area contributed by atoms with Crippen LogP contribution < -0.4 is 5.32 Å². The van der Waals surface area contributed by atoms with E-state index in [-0.39, 0.29) is 0 Å². The van der Waals surface area contributed by atoms with E-state index in [1.54, 1.807) is 0 Å². The topological polar surface area (TPSA) is 89.9 Å². The number of nitrogens with one attached hydrogen (secondary N) is 1. The number of carbonyl (C=O) groups is 2. The summed E-state index contributed by atoms with van der Waals surface area (Å²) in [7, 11) is 0. The molecule has 1 aliphatic heterocycles. The van der Waals surface area contributed by atoms with Gasteiger partial charge in [-0.25, -0.2) is 9.59 Å². The van der Waals surface area contributed by atoms with Crippen LogP contribution >= 0.6 is 0 Å². The van der Waals surface area contributed by atoms with Gasteiger partial charge in [0, 0.05) is 37.3 Å². The first-order valence-corrected chi connectivity index (χ1v) is 10.1. The van der Waals surface area contributed by atoms with E-state index in [9.17, 15) is 9.59 Å². The van der Waals surface area contributed by atoms with Gasteiger partial charge < -0.3 is 15.5 Å². The van der Waals surface area contributed by atoms with Crippen molar-refractivity contribution in [2.45, 2.75) is 38.9 Å². The number of aliphatic carboxylic acids is 2. The molecule has 1 aliphatic rings. The van der Waals surface area contributed by atoms with Crippen LogP contribution in [0.3, 0.4) is 0 Å². The highest BCUT2D eigenvalue weighted by molar-refractivity contribution is 5.89. The molecular formula is C24H30N2O4. The summed E-state index contributed by atoms with van der Waals surface area (Å²) in [6.07, 6.45) is 2.37. The molecule has 3 rings (SSSR count). The maximum Gasteiger partial charge on any atom is 0.328 e. The zero-order valence-corrected chi connectivity index (χ0v) is 17.5. The van der Waals surface area contributed by atoms with Gasteiger partial charge in [0.2, 0.25) is 0 Å². The second-order valence-electron chi connectivity index (χ2n) is 7.45. The quantitative estimate of drug-likeness (QED) is 0.604. The highest BCUT2D eigenvalue weighted by atomic mass is 16.4. The van der Waals surface area contributed by atoms with Crippen molar-refractivity contribution in [3.05, 3.63) is 72.3 Å². The summed E-state index contributed by atoms with van der Waals surface area (Å²) < 4.78 is 0. The number of rotatable bonds is 7. The van der Waals surface area contributed by atoms with Gasteiger partial charge in [0.05, 0.1) is 0 Å². The summed E-state index contributed by atoms with van der Waals surface area (Å²) in [6.45, 7) is 7.90. The minimum atomic E-state index is -1.26. The fraction of sp³-hybridized carbons (Fsp3) is 0.333. The fourth-order valence-corrected chi connectivity index (χ4v) is 3.55. The fourth-order valence-electron chi connectivity index (χ4n) is 3.55. The largest absolute Gasteiger partial charge is 0.478 e. The zero-order valence-electron chi connectivity index (χ0n) is 17.5. The molecule has 0 bridgehead atoms. The van der Waals surface area contributed by atoms with E-state index < -0.39 is 11.9 Å². The number of hydrogen-bond acceptors (Lipinski definition) is 4. The van der Waals surface area contributed by atoms with E-state index in [0.29, 0.717) is 24.2 Å². The van der Waals surface area contributed by atoms with Gasteiger partial charge in [0.1, 0.15) is 0 Å². The molecule has 1 atom stereocenters. The van der Waals surface area contributed by atoms with Crippen molar-refractivity contribution in [1.29, 1.82) is 0 Å². The Morgan fingerprint density at radius 1 is 1.03 bits per heavy atom. The summed E-state index contributed by atoms with van der Waals surface area (Å²) >= 11 is 0. The third-order valence-electron chi connectivity index (χ3n) is 4.99. The Morgan fingerprint density at radius 3 is 2.17 bits per heavy atom. The second kappa shape index (κ2) is 11.9. The molecule has 0 saturated carbocycles. The summed E-state index contributed by atoms with van der Waals surface area (Å²) in [5.41, 5.74) is 4.10. The lowest BCUT2D eigenvalue weighted by atomic mass is 9.98. The first-order chi connectivity index (χ1) is 14.4. The first kappa shape index (κ1) is 23.3. The highest BCUT2D eigenvalue weighted by Gasteiger charge is 2.25. The van der Waals surface area contributed by atoms with E-state index in [2.05, 4.69) is 78.7 Å². The van der Waals surface area contributed by atoms with Crippen LogP contribution in [0.25, 0.3) is 11.1 Å². The Morgan fingerprint density at radius 2 is 1.63 bits per heavy atom. The molecule has 0 unspecified atom stereocenters. The van der Waals surface area contributed by atoms with Crippen molar-refractivity contribution in [2.75, 3.05) is 13.1 Å². The number of carboxylic acids is 2. The van der Waals surface area contributed by atoms with Crippen LogP contribution in [0, 0.1) is 0 Å². The molecule has 0 aliphatic carbocycles. The Labute approximate surface area is 177 Å². The van der Waals surface area contributed by atoms with Crippen LogP contribution in [0.15, 0.2) is 66.7 Å². The molecule has 3 N–H and O–H groups in total. The molecule has 6 heteroatoms. The molecule has 0 spiro atoms. The van der Waals surface area contributed by atoms with Gasteiger partial charge in [-0.3, -0.25) is 4.90 Å². The maximum absolute atomic E-state index is 9.55. The first-order valence-electron chi connectivity index (χ1n) is 10.1. The standard InChI is InChI=1S/C20H26N2.C4H4O4/c1-16(2)22(19-12-13-21-14-19)15-18-10-6-7-11-20(18)17-8-4-3-5-9-17;5-3(6)1-2-4(7)8/h3-11,16,19,21H,12-15H2,1-2H3;1-2H,(H,5,6)(H,7,8)/t19-;/m0./s1. The maximum atomic E-state index is 9.55. The average molecular weight is 411 g/mol. The minimum absolute atomic E-state index is 0.558. The SMILES string of the molecule is CC(C)N(Cc1ccccc1-c1ccccc1)[C@H]1CCNC1.O=C(O)C=CC(=O)O. The highest BCUT2D eigenvalue weighted by Crippen LogP contribution is 2.26. The van der Waals surface area contributed by atoms with E-state index in [0.717, 1.165) is 19.6 Å². The summed E-state index contributed by atoms with van der Waals surface area (Å²) in [5, 5.41) is 19.1. The second-order valence-corrected chi connectivity index (χ2v) is 7.45. The lowest BCUT2D eigenvalue weighted by molar-refractivity contribution is -0.134. The normalized spacial score (nSPS) is 15.9. The van der Waals surface area contributed by atoms with Crippen molar-refractivity contribution >= 4 is 11.9 Å². The molecule has 0 aromatic heterocycles. The molecule has 0 amide bonds. The van der Waals surface area contributed by atoms with E-state index in [4.69, 9.17) is 10.2 Å². The molecule has 30 heavy (non-hydrogen) atoms. The van der Waals surface area contributed by atoms with E-state index >= 15 is 0 Å². The van der Waals surface area contributed by atoms with Crippen LogP contribution in [0.1, 0.15) is 25.8 Å². The lowest BCUT2D eigenvalue weighted by Gasteiger charge is -2.33. The van der Waals surface area contributed by atoms with Crippen LogP contribution in [-0.4, -0.2) is 52.2 Å². The minimum Gasteiger partial charge on any atom is -0.478 e. The predicted molar refractivity (Wildman–Crippen MR) is 118 cm³/mol. The van der Waals surface area contributed by atoms with Crippen molar-refractivity contribution in [1.82, 2.24) is 10.2 Å². The van der Waals surface area contributed by atoms with Crippen molar-refractivity contribution < 1.29 is 19.8 Å². The molecule has 160 valence electrons. The third-order valence-corrected chi connectivity index (χ3v) is 4.99. The molecule has 0 radical (unpaired) electrons. The molecule has 1 saturated heterocycles. The predicted octanol–water partition coefficient (Wildman–Crippen LogP) is 3.64. The van der Waals surface area contributed by atoms with Crippen LogP contribution in [0.4, 0.5) is 0 Å². The van der Waals surface area contributed by atoms with Gasteiger partial charge in [-0.05, 0) is 43.5 Å². The van der Waals surface area contributed by atoms with Crippen molar-refractivity contribution in [2.24, 2.45) is 0 Å². The summed E-state index contributed by atoms with van der Waals surface area (Å²) in [5.74, 6) is -2.51. The summed E-state index contributed by atoms with van der Waals surface area (Å²) in [4.78, 5) is 21.7. The Kier molecular flexibility index (Phi) is 9.25. The Balaban J connectivity index is 0.000000343. The summed E-state index contributed by atoms with van der Waals surface area (Å²) in [6, 6.07) is 20.8. The van der Waals surface area contributed by atoms with Crippen molar-refractivity contribution in [3.8, 4) is 11.1 Å². The molecule has 2 aromatic rings. The van der Waals surface area contributed by atoms with Gasteiger partial charge in [-0.15, -0.1) is 0 Å². The third kappa shape index (κ3) is 7.46. The van der Waals surface area contributed by atoms with Gasteiger partial charge in [0.15, 0.2) is 0 Å². The number of hydrogen-bond donors (Lipinski definition) is 3. The van der Waals surface area contributed by atoms with Gasteiger partial charge >= 0.3 is 11.9 Å². The Hall–Kier alpha value is -2.96. The average Bonchev–Trinajstić information content (AvgIpc) is 3.26. The molecule has 1 heterocycles. The Bertz CT molecular complexity index is 827. The van der Waals surface area contributed by atoms with E-state index in [1.165, 1.54) is 23.1 Å².